The Labute approximate surface area is 98.8 Å². The molecule has 1 aliphatic heterocycles. The van der Waals surface area contributed by atoms with Crippen LogP contribution in [0.4, 0.5) is 0 Å². The number of nitrogens with zero attached hydrogens (tertiary/aromatic N) is 1. The molecule has 1 rings (SSSR count). The van der Waals surface area contributed by atoms with Gasteiger partial charge in [-0.05, 0) is 6.42 Å². The SMILES string of the molecule is NC(=S)CNC(=O)C(=O)N1CCC(CO)C1. The van der Waals surface area contributed by atoms with Crippen molar-refractivity contribution in [3.05, 3.63) is 0 Å². The fourth-order valence-corrected chi connectivity index (χ4v) is 1.62. The molecule has 0 bridgehead atoms. The van der Waals surface area contributed by atoms with Crippen LogP contribution in [0.2, 0.25) is 0 Å². The van der Waals surface area contributed by atoms with E-state index in [4.69, 9.17) is 10.8 Å². The van der Waals surface area contributed by atoms with Crippen LogP contribution < -0.4 is 11.1 Å². The standard InChI is InChI=1S/C9H15N3O3S/c10-7(16)3-11-8(14)9(15)12-2-1-6(4-12)5-13/h6,13H,1-5H2,(H2,10,16)(H,11,14). The zero-order valence-corrected chi connectivity index (χ0v) is 9.63. The second-order valence-corrected chi connectivity index (χ2v) is 4.26. The van der Waals surface area contributed by atoms with Crippen molar-refractivity contribution < 1.29 is 14.7 Å². The van der Waals surface area contributed by atoms with E-state index >= 15 is 0 Å². The number of nitrogens with one attached hydrogen (secondary N) is 1. The zero-order valence-electron chi connectivity index (χ0n) is 8.81. The first-order valence-electron chi connectivity index (χ1n) is 5.01. The molecule has 0 aromatic carbocycles. The Morgan fingerprint density at radius 1 is 1.56 bits per heavy atom. The minimum atomic E-state index is -0.702. The van der Waals surface area contributed by atoms with E-state index in [1.807, 2.05) is 0 Å². The number of likely N-dealkylation sites (tertiary alicyclic amines) is 1. The van der Waals surface area contributed by atoms with Crippen molar-refractivity contribution in [1.29, 1.82) is 0 Å². The third kappa shape index (κ3) is 3.42. The Morgan fingerprint density at radius 3 is 2.75 bits per heavy atom. The smallest absolute Gasteiger partial charge is 0.311 e. The number of hydrogen-bond donors (Lipinski definition) is 3. The molecule has 2 amide bonds. The Morgan fingerprint density at radius 2 is 2.25 bits per heavy atom. The lowest BCUT2D eigenvalue weighted by atomic mass is 10.1. The average Bonchev–Trinajstić information content (AvgIpc) is 2.73. The predicted molar refractivity (Wildman–Crippen MR) is 61.6 cm³/mol. The van der Waals surface area contributed by atoms with E-state index < -0.39 is 11.8 Å². The Hall–Kier alpha value is -1.21. The molecule has 1 aliphatic rings. The fraction of sp³-hybridized carbons (Fsp3) is 0.667. The third-order valence-corrected chi connectivity index (χ3v) is 2.59. The fourth-order valence-electron chi connectivity index (χ4n) is 1.55. The van der Waals surface area contributed by atoms with Crippen LogP contribution in [0.25, 0.3) is 0 Å². The van der Waals surface area contributed by atoms with Gasteiger partial charge in [-0.3, -0.25) is 9.59 Å². The highest BCUT2D eigenvalue weighted by Crippen LogP contribution is 2.15. The number of carbonyl (C=O) groups is 2. The summed E-state index contributed by atoms with van der Waals surface area (Å²) in [5.41, 5.74) is 5.20. The second-order valence-electron chi connectivity index (χ2n) is 3.74. The number of rotatable bonds is 3. The van der Waals surface area contributed by atoms with Crippen LogP contribution in [0, 0.1) is 5.92 Å². The van der Waals surface area contributed by atoms with Crippen molar-refractivity contribution in [1.82, 2.24) is 10.2 Å². The molecule has 90 valence electrons. The van der Waals surface area contributed by atoms with Crippen molar-refractivity contribution >= 4 is 29.0 Å². The topological polar surface area (TPSA) is 95.7 Å². The summed E-state index contributed by atoms with van der Waals surface area (Å²) >= 11 is 4.58. The number of nitrogens with two attached hydrogens (primary N) is 1. The van der Waals surface area contributed by atoms with E-state index in [1.165, 1.54) is 4.90 Å². The van der Waals surface area contributed by atoms with Crippen molar-refractivity contribution in [2.75, 3.05) is 26.2 Å². The van der Waals surface area contributed by atoms with Crippen molar-refractivity contribution in [3.8, 4) is 0 Å². The Kier molecular flexibility index (Phi) is 4.63. The molecule has 0 spiro atoms. The van der Waals surface area contributed by atoms with Crippen LogP contribution in [0.15, 0.2) is 0 Å². The van der Waals surface area contributed by atoms with E-state index in [0.29, 0.717) is 13.1 Å². The Balaban J connectivity index is 2.40. The van der Waals surface area contributed by atoms with Gasteiger partial charge in [0.2, 0.25) is 0 Å². The molecule has 7 heteroatoms. The van der Waals surface area contributed by atoms with Crippen LogP contribution in [0.1, 0.15) is 6.42 Å². The molecule has 1 unspecified atom stereocenters. The van der Waals surface area contributed by atoms with Gasteiger partial charge in [0, 0.05) is 25.6 Å². The lowest BCUT2D eigenvalue weighted by molar-refractivity contribution is -0.145. The van der Waals surface area contributed by atoms with Gasteiger partial charge in [-0.2, -0.15) is 0 Å². The summed E-state index contributed by atoms with van der Waals surface area (Å²) in [6.45, 7) is 0.996. The summed E-state index contributed by atoms with van der Waals surface area (Å²) in [5, 5.41) is 11.2. The zero-order chi connectivity index (χ0) is 12.1. The quantitative estimate of drug-likeness (QED) is 0.404. The first kappa shape index (κ1) is 12.9. The lowest BCUT2D eigenvalue weighted by Crippen LogP contribution is -2.44. The molecule has 1 saturated heterocycles. The molecule has 1 atom stereocenters. The van der Waals surface area contributed by atoms with Gasteiger partial charge in [-0.25, -0.2) is 0 Å². The largest absolute Gasteiger partial charge is 0.396 e. The number of thiocarbonyl (C=S) groups is 1. The third-order valence-electron chi connectivity index (χ3n) is 2.45. The average molecular weight is 245 g/mol. The maximum absolute atomic E-state index is 11.6. The number of aliphatic hydroxyl groups is 1. The van der Waals surface area contributed by atoms with E-state index in [2.05, 4.69) is 17.5 Å². The van der Waals surface area contributed by atoms with E-state index in [0.717, 1.165) is 6.42 Å². The van der Waals surface area contributed by atoms with E-state index in [-0.39, 0.29) is 24.1 Å². The number of carbonyl (C=O) groups excluding carboxylic acids is 2. The van der Waals surface area contributed by atoms with Gasteiger partial charge in [0.1, 0.15) is 0 Å². The lowest BCUT2D eigenvalue weighted by Gasteiger charge is -2.15. The molecule has 6 nitrogen and oxygen atoms in total. The molecular formula is C9H15N3O3S. The van der Waals surface area contributed by atoms with E-state index in [1.54, 1.807) is 0 Å². The summed E-state index contributed by atoms with van der Waals surface area (Å²) in [6.07, 6.45) is 0.727. The van der Waals surface area contributed by atoms with Gasteiger partial charge in [-0.1, -0.05) is 12.2 Å². The molecule has 4 N–H and O–H groups in total. The molecule has 0 aromatic heterocycles. The molecule has 1 fully saturated rings. The molecular weight excluding hydrogens is 230 g/mol. The van der Waals surface area contributed by atoms with Gasteiger partial charge in [0.25, 0.3) is 0 Å². The molecule has 16 heavy (non-hydrogen) atoms. The normalized spacial score (nSPS) is 19.6. The molecule has 0 aliphatic carbocycles. The van der Waals surface area contributed by atoms with Crippen molar-refractivity contribution in [2.45, 2.75) is 6.42 Å². The van der Waals surface area contributed by atoms with Crippen LogP contribution in [0.5, 0.6) is 0 Å². The minimum absolute atomic E-state index is 0.0250. The highest BCUT2D eigenvalue weighted by Gasteiger charge is 2.29. The Bertz CT molecular complexity index is 308. The predicted octanol–water partition coefficient (Wildman–Crippen LogP) is -1.77. The molecule has 1 heterocycles. The maximum atomic E-state index is 11.6. The summed E-state index contributed by atoms with van der Waals surface area (Å²) in [4.78, 5) is 24.5. The van der Waals surface area contributed by atoms with Gasteiger partial charge >= 0.3 is 11.8 Å². The second kappa shape index (κ2) is 5.76. The van der Waals surface area contributed by atoms with Crippen LogP contribution in [0.3, 0.4) is 0 Å². The first-order valence-corrected chi connectivity index (χ1v) is 5.41. The van der Waals surface area contributed by atoms with E-state index in [9.17, 15) is 9.59 Å². The highest BCUT2D eigenvalue weighted by atomic mass is 32.1. The van der Waals surface area contributed by atoms with Gasteiger partial charge in [0.05, 0.1) is 11.5 Å². The van der Waals surface area contributed by atoms with Gasteiger partial charge in [-0.15, -0.1) is 0 Å². The molecule has 0 aromatic rings. The summed E-state index contributed by atoms with van der Waals surface area (Å²) in [5.74, 6) is -1.22. The van der Waals surface area contributed by atoms with Crippen LogP contribution in [-0.4, -0.2) is 53.1 Å². The van der Waals surface area contributed by atoms with Crippen molar-refractivity contribution in [2.24, 2.45) is 11.7 Å². The molecule has 0 radical (unpaired) electrons. The first-order chi connectivity index (χ1) is 7.54. The van der Waals surface area contributed by atoms with Gasteiger partial charge < -0.3 is 21.1 Å². The molecule has 0 saturated carbocycles. The van der Waals surface area contributed by atoms with Gasteiger partial charge in [0.15, 0.2) is 0 Å². The summed E-state index contributed by atoms with van der Waals surface area (Å²) < 4.78 is 0. The van der Waals surface area contributed by atoms with Crippen LogP contribution >= 0.6 is 12.2 Å². The summed E-state index contributed by atoms with van der Waals surface area (Å²) in [7, 11) is 0. The number of amides is 2. The van der Waals surface area contributed by atoms with Crippen LogP contribution in [-0.2, 0) is 9.59 Å². The monoisotopic (exact) mass is 245 g/mol. The highest BCUT2D eigenvalue weighted by molar-refractivity contribution is 7.80. The van der Waals surface area contributed by atoms with Crippen molar-refractivity contribution in [3.63, 3.8) is 0 Å². The number of aliphatic hydroxyl groups excluding tert-OH is 1. The summed E-state index contributed by atoms with van der Waals surface area (Å²) in [6, 6.07) is 0. The number of hydrogen-bond acceptors (Lipinski definition) is 4. The maximum Gasteiger partial charge on any atom is 0.311 e. The minimum Gasteiger partial charge on any atom is -0.396 e.